The molecule has 1 fully saturated rings. The average Bonchev–Trinajstić information content (AvgIpc) is 2.92. The van der Waals surface area contributed by atoms with Crippen LogP contribution in [-0.2, 0) is 17.8 Å². The molecule has 29 heavy (non-hydrogen) atoms. The molecule has 154 valence electrons. The van der Waals surface area contributed by atoms with Crippen molar-refractivity contribution in [2.75, 3.05) is 20.8 Å². The van der Waals surface area contributed by atoms with Crippen molar-refractivity contribution in [3.8, 4) is 5.75 Å². The van der Waals surface area contributed by atoms with E-state index in [1.807, 2.05) is 48.3 Å². The monoisotopic (exact) mass is 395 g/mol. The number of urea groups is 1. The normalized spacial score (nSPS) is 19.0. The summed E-state index contributed by atoms with van der Waals surface area (Å²) in [7, 11) is 3.55. The van der Waals surface area contributed by atoms with Gasteiger partial charge in [0.2, 0.25) is 0 Å². The second-order valence-corrected chi connectivity index (χ2v) is 7.93. The van der Waals surface area contributed by atoms with Gasteiger partial charge in [0.25, 0.3) is 5.91 Å². The first-order valence-electron chi connectivity index (χ1n) is 9.82. The van der Waals surface area contributed by atoms with E-state index in [0.29, 0.717) is 19.4 Å². The number of carbonyl (C=O) groups excluding carboxylic acids is 2. The van der Waals surface area contributed by atoms with Gasteiger partial charge in [-0.1, -0.05) is 36.4 Å². The van der Waals surface area contributed by atoms with Gasteiger partial charge in [-0.05, 0) is 62.6 Å². The Morgan fingerprint density at radius 3 is 2.45 bits per heavy atom. The van der Waals surface area contributed by atoms with Gasteiger partial charge in [0, 0.05) is 6.54 Å². The van der Waals surface area contributed by atoms with Crippen LogP contribution >= 0.6 is 0 Å². The zero-order chi connectivity index (χ0) is 21.0. The first kappa shape index (κ1) is 20.9. The van der Waals surface area contributed by atoms with Crippen LogP contribution in [-0.4, -0.2) is 48.1 Å². The number of benzene rings is 2. The third-order valence-corrected chi connectivity index (χ3v) is 5.50. The summed E-state index contributed by atoms with van der Waals surface area (Å²) in [4.78, 5) is 28.8. The summed E-state index contributed by atoms with van der Waals surface area (Å²) in [5.74, 6) is 0.626. The molecular formula is C23H29N3O3. The number of ether oxygens (including phenoxy) is 1. The van der Waals surface area contributed by atoms with E-state index in [1.165, 1.54) is 16.0 Å². The van der Waals surface area contributed by atoms with Gasteiger partial charge in [0.1, 0.15) is 11.3 Å². The average molecular weight is 396 g/mol. The predicted molar refractivity (Wildman–Crippen MR) is 113 cm³/mol. The van der Waals surface area contributed by atoms with Crippen molar-refractivity contribution in [3.05, 3.63) is 65.2 Å². The molecule has 1 aliphatic rings. The minimum atomic E-state index is -0.888. The van der Waals surface area contributed by atoms with Gasteiger partial charge in [0.15, 0.2) is 0 Å². The molecule has 1 aliphatic heterocycles. The van der Waals surface area contributed by atoms with Crippen LogP contribution < -0.4 is 10.1 Å². The second kappa shape index (κ2) is 8.66. The first-order valence-corrected chi connectivity index (χ1v) is 9.82. The number of hydrogen-bond donors (Lipinski definition) is 1. The summed E-state index contributed by atoms with van der Waals surface area (Å²) in [6, 6.07) is 15.6. The lowest BCUT2D eigenvalue weighted by atomic mass is 9.93. The molecular weight excluding hydrogens is 366 g/mol. The fourth-order valence-electron chi connectivity index (χ4n) is 3.60. The van der Waals surface area contributed by atoms with Crippen molar-refractivity contribution < 1.29 is 14.3 Å². The molecule has 0 bridgehead atoms. The predicted octanol–water partition coefficient (Wildman–Crippen LogP) is 3.34. The topological polar surface area (TPSA) is 61.9 Å². The largest absolute Gasteiger partial charge is 0.497 e. The number of carbonyl (C=O) groups is 2. The van der Waals surface area contributed by atoms with Crippen LogP contribution in [0.3, 0.4) is 0 Å². The van der Waals surface area contributed by atoms with Crippen LogP contribution in [0.2, 0.25) is 0 Å². The minimum absolute atomic E-state index is 0.173. The van der Waals surface area contributed by atoms with Crippen LogP contribution in [0.5, 0.6) is 5.75 Å². The van der Waals surface area contributed by atoms with Gasteiger partial charge in [-0.15, -0.1) is 0 Å². The van der Waals surface area contributed by atoms with Crippen molar-refractivity contribution in [1.82, 2.24) is 15.1 Å². The van der Waals surface area contributed by atoms with Crippen LogP contribution in [0.4, 0.5) is 4.79 Å². The van der Waals surface area contributed by atoms with E-state index >= 15 is 0 Å². The molecule has 1 N–H and O–H groups in total. The third kappa shape index (κ3) is 4.77. The highest BCUT2D eigenvalue weighted by atomic mass is 16.5. The molecule has 0 aromatic heterocycles. The number of nitrogens with one attached hydrogen (secondary N) is 1. The number of methoxy groups -OCH3 is 1. The van der Waals surface area contributed by atoms with Crippen molar-refractivity contribution >= 4 is 11.9 Å². The first-order chi connectivity index (χ1) is 13.8. The fraction of sp³-hybridized carbons (Fsp3) is 0.391. The van der Waals surface area contributed by atoms with Crippen LogP contribution in [0.1, 0.15) is 30.0 Å². The highest BCUT2D eigenvalue weighted by molar-refractivity contribution is 6.06. The highest BCUT2D eigenvalue weighted by Crippen LogP contribution is 2.24. The van der Waals surface area contributed by atoms with E-state index in [1.54, 1.807) is 14.0 Å². The maximum atomic E-state index is 13.0. The maximum absolute atomic E-state index is 13.0. The van der Waals surface area contributed by atoms with Crippen LogP contribution in [0.15, 0.2) is 48.5 Å². The second-order valence-electron chi connectivity index (χ2n) is 7.93. The lowest BCUT2D eigenvalue weighted by Gasteiger charge is -2.25. The van der Waals surface area contributed by atoms with Crippen molar-refractivity contribution in [2.45, 2.75) is 38.8 Å². The summed E-state index contributed by atoms with van der Waals surface area (Å²) in [5.41, 5.74) is 2.59. The molecule has 0 aliphatic carbocycles. The summed E-state index contributed by atoms with van der Waals surface area (Å²) < 4.78 is 5.18. The van der Waals surface area contributed by atoms with E-state index in [2.05, 4.69) is 24.4 Å². The lowest BCUT2D eigenvalue weighted by molar-refractivity contribution is -0.132. The van der Waals surface area contributed by atoms with Gasteiger partial charge in [-0.25, -0.2) is 9.69 Å². The Balaban J connectivity index is 1.61. The Morgan fingerprint density at radius 2 is 1.79 bits per heavy atom. The molecule has 1 atom stereocenters. The molecule has 0 radical (unpaired) electrons. The summed E-state index contributed by atoms with van der Waals surface area (Å²) >= 11 is 0. The molecule has 0 spiro atoms. The Labute approximate surface area is 172 Å². The van der Waals surface area contributed by atoms with E-state index in [0.717, 1.165) is 11.3 Å². The molecule has 0 saturated carbocycles. The van der Waals surface area contributed by atoms with Gasteiger partial charge < -0.3 is 10.1 Å². The molecule has 2 aromatic carbocycles. The molecule has 1 heterocycles. The highest BCUT2D eigenvalue weighted by Gasteiger charge is 2.47. The number of hydrogen-bond acceptors (Lipinski definition) is 4. The van der Waals surface area contributed by atoms with Crippen molar-refractivity contribution in [3.63, 3.8) is 0 Å². The standard InChI is InChI=1S/C23H29N3O3/c1-17-7-5-6-8-19(17)15-25(3)16-26-21(27)23(2,24-22(26)28)14-13-18-9-11-20(29-4)12-10-18/h5-12H,13-16H2,1-4H3,(H,24,28)/t23-/m1/s1. The van der Waals surface area contributed by atoms with E-state index in [-0.39, 0.29) is 18.6 Å². The van der Waals surface area contributed by atoms with Crippen LogP contribution in [0, 0.1) is 6.92 Å². The zero-order valence-electron chi connectivity index (χ0n) is 17.6. The minimum Gasteiger partial charge on any atom is -0.497 e. The number of nitrogens with zero attached hydrogens (tertiary/aromatic N) is 2. The number of imide groups is 1. The van der Waals surface area contributed by atoms with Gasteiger partial charge >= 0.3 is 6.03 Å². The molecule has 6 heteroatoms. The molecule has 1 saturated heterocycles. The van der Waals surface area contributed by atoms with E-state index < -0.39 is 5.54 Å². The van der Waals surface area contributed by atoms with Crippen molar-refractivity contribution in [1.29, 1.82) is 0 Å². The maximum Gasteiger partial charge on any atom is 0.326 e. The summed E-state index contributed by atoms with van der Waals surface area (Å²) in [6.45, 7) is 4.80. The quantitative estimate of drug-likeness (QED) is 0.697. The van der Waals surface area contributed by atoms with E-state index in [4.69, 9.17) is 4.74 Å². The number of amides is 3. The number of aryl methyl sites for hydroxylation is 2. The van der Waals surface area contributed by atoms with Gasteiger partial charge in [-0.2, -0.15) is 0 Å². The zero-order valence-corrected chi connectivity index (χ0v) is 17.6. The molecule has 3 amide bonds. The lowest BCUT2D eigenvalue weighted by Crippen LogP contribution is -2.45. The summed E-state index contributed by atoms with van der Waals surface area (Å²) in [6.07, 6.45) is 1.24. The fourth-order valence-corrected chi connectivity index (χ4v) is 3.60. The van der Waals surface area contributed by atoms with E-state index in [9.17, 15) is 9.59 Å². The molecule has 6 nitrogen and oxygen atoms in total. The Morgan fingerprint density at radius 1 is 1.10 bits per heavy atom. The van der Waals surface area contributed by atoms with Gasteiger partial charge in [-0.3, -0.25) is 9.69 Å². The Hall–Kier alpha value is -2.86. The van der Waals surface area contributed by atoms with Crippen LogP contribution in [0.25, 0.3) is 0 Å². The summed E-state index contributed by atoms with van der Waals surface area (Å²) in [5, 5.41) is 2.89. The smallest absolute Gasteiger partial charge is 0.326 e. The molecule has 3 rings (SSSR count). The van der Waals surface area contributed by atoms with Gasteiger partial charge in [0.05, 0.1) is 13.8 Å². The third-order valence-electron chi connectivity index (χ3n) is 5.50. The number of rotatable bonds is 8. The SMILES string of the molecule is COc1ccc(CC[C@@]2(C)NC(=O)N(CN(C)Cc3ccccc3C)C2=O)cc1. The molecule has 2 aromatic rings. The Kier molecular flexibility index (Phi) is 6.23. The van der Waals surface area contributed by atoms with Crippen molar-refractivity contribution in [2.24, 2.45) is 0 Å². The molecule has 0 unspecified atom stereocenters. The Bertz CT molecular complexity index is 881.